The number of benzene rings is 2. The minimum Gasteiger partial charge on any atom is -0.505 e. The highest BCUT2D eigenvalue weighted by molar-refractivity contribution is 6.22. The Balaban J connectivity index is 1.61. The molecule has 0 aliphatic carbocycles. The number of ether oxygens (including phenoxy) is 2. The van der Waals surface area contributed by atoms with Gasteiger partial charge in [-0.25, -0.2) is 14.2 Å². The molecule has 3 rings (SSSR count). The van der Waals surface area contributed by atoms with Crippen molar-refractivity contribution < 1.29 is 28.6 Å². The summed E-state index contributed by atoms with van der Waals surface area (Å²) in [6.45, 7) is 3.29. The van der Waals surface area contributed by atoms with Crippen molar-refractivity contribution in [2.24, 2.45) is 4.99 Å². The van der Waals surface area contributed by atoms with Crippen LogP contribution in [0.2, 0.25) is 0 Å². The van der Waals surface area contributed by atoms with Gasteiger partial charge in [-0.3, -0.25) is 4.79 Å². The van der Waals surface area contributed by atoms with Gasteiger partial charge in [0, 0.05) is 5.69 Å². The highest BCUT2D eigenvalue weighted by Crippen LogP contribution is 2.27. The van der Waals surface area contributed by atoms with Crippen molar-refractivity contribution in [3.05, 3.63) is 76.9 Å². The molecule has 8 heteroatoms. The molecule has 0 saturated heterocycles. The molecular formula is C23H21FN2O5. The van der Waals surface area contributed by atoms with Crippen molar-refractivity contribution in [2.75, 3.05) is 18.5 Å². The van der Waals surface area contributed by atoms with Crippen LogP contribution in [-0.4, -0.2) is 35.9 Å². The molecule has 0 radical (unpaired) electrons. The third-order valence-electron chi connectivity index (χ3n) is 4.29. The Morgan fingerprint density at radius 1 is 1.13 bits per heavy atom. The summed E-state index contributed by atoms with van der Waals surface area (Å²) in [5, 5.41) is 12.9. The second kappa shape index (κ2) is 9.71. The monoisotopic (exact) mass is 424 g/mol. The number of aliphatic hydroxyl groups is 1. The number of anilines is 1. The Hall–Kier alpha value is -3.94. The van der Waals surface area contributed by atoms with Crippen LogP contribution >= 0.6 is 0 Å². The summed E-state index contributed by atoms with van der Waals surface area (Å²) in [4.78, 5) is 28.1. The van der Waals surface area contributed by atoms with Crippen molar-refractivity contribution in [2.45, 2.75) is 13.8 Å². The van der Waals surface area contributed by atoms with Gasteiger partial charge in [-0.15, -0.1) is 0 Å². The first-order valence-electron chi connectivity index (χ1n) is 9.53. The molecule has 2 N–H and O–H groups in total. The third-order valence-corrected chi connectivity index (χ3v) is 4.29. The van der Waals surface area contributed by atoms with E-state index in [-0.39, 0.29) is 42.0 Å². The lowest BCUT2D eigenvalue weighted by molar-refractivity contribution is -0.138. The smallest absolute Gasteiger partial charge is 0.343 e. The zero-order valence-electron chi connectivity index (χ0n) is 17.0. The number of halogens is 1. The highest BCUT2D eigenvalue weighted by Gasteiger charge is 2.27. The summed E-state index contributed by atoms with van der Waals surface area (Å²) in [7, 11) is 0. The zero-order chi connectivity index (χ0) is 22.4. The Kier molecular flexibility index (Phi) is 6.81. The molecule has 160 valence electrons. The summed E-state index contributed by atoms with van der Waals surface area (Å²) in [6, 6.07) is 12.2. The van der Waals surface area contributed by atoms with Crippen LogP contribution in [0.4, 0.5) is 10.1 Å². The van der Waals surface area contributed by atoms with Gasteiger partial charge in [-0.2, -0.15) is 0 Å². The average molecular weight is 424 g/mol. The number of carbonyl (C=O) groups is 2. The van der Waals surface area contributed by atoms with Crippen LogP contribution < -0.4 is 10.1 Å². The molecule has 7 nitrogen and oxygen atoms in total. The van der Waals surface area contributed by atoms with Gasteiger partial charge in [0.05, 0.1) is 12.3 Å². The summed E-state index contributed by atoms with van der Waals surface area (Å²) in [6.07, 6.45) is 1.62. The maximum absolute atomic E-state index is 12.9. The molecule has 0 fully saturated rings. The molecule has 0 saturated carbocycles. The first-order valence-corrected chi connectivity index (χ1v) is 9.53. The molecule has 1 aliphatic rings. The Morgan fingerprint density at radius 2 is 1.81 bits per heavy atom. The second-order valence-electron chi connectivity index (χ2n) is 6.58. The highest BCUT2D eigenvalue weighted by atomic mass is 19.1. The van der Waals surface area contributed by atoms with E-state index in [4.69, 9.17) is 9.47 Å². The number of carbonyl (C=O) groups excluding carboxylic acids is 2. The number of amides is 1. The van der Waals surface area contributed by atoms with E-state index in [9.17, 15) is 19.1 Å². The second-order valence-corrected chi connectivity index (χ2v) is 6.58. The zero-order valence-corrected chi connectivity index (χ0v) is 17.0. The quantitative estimate of drug-likeness (QED) is 0.654. The van der Waals surface area contributed by atoms with E-state index in [1.165, 1.54) is 24.3 Å². The van der Waals surface area contributed by atoms with Gasteiger partial charge < -0.3 is 19.9 Å². The van der Waals surface area contributed by atoms with Gasteiger partial charge in [-0.1, -0.05) is 12.1 Å². The molecule has 31 heavy (non-hydrogen) atoms. The lowest BCUT2D eigenvalue weighted by Gasteiger charge is -2.08. The van der Waals surface area contributed by atoms with Gasteiger partial charge in [-0.05, 0) is 61.9 Å². The van der Waals surface area contributed by atoms with Gasteiger partial charge in [0.2, 0.25) is 0 Å². The largest absolute Gasteiger partial charge is 0.505 e. The van der Waals surface area contributed by atoms with Crippen molar-refractivity contribution in [3.8, 4) is 5.75 Å². The topological polar surface area (TPSA) is 97.2 Å². The van der Waals surface area contributed by atoms with E-state index in [1.54, 1.807) is 44.2 Å². The standard InChI is InChI=1S/C23H21FN2O5/c1-3-30-23(29)21-14(2)25-19(22(21)28)12-15-4-10-18(11-5-15)31-13-20(27)26-17-8-6-16(24)7-9-17/h4-12,28H,3,13H2,1-2H3,(H,26,27). The molecule has 0 bridgehead atoms. The Morgan fingerprint density at radius 3 is 2.45 bits per heavy atom. The first kappa shape index (κ1) is 21.8. The number of aliphatic hydroxyl groups excluding tert-OH is 1. The van der Waals surface area contributed by atoms with E-state index >= 15 is 0 Å². The summed E-state index contributed by atoms with van der Waals surface area (Å²) in [5.41, 5.74) is 1.88. The fourth-order valence-electron chi connectivity index (χ4n) is 2.83. The number of hydrogen-bond acceptors (Lipinski definition) is 6. The SMILES string of the molecule is CCOC(=O)C1=C(O)C(=Cc2ccc(OCC(=O)Nc3ccc(F)cc3)cc2)N=C1C. The molecule has 1 heterocycles. The molecular weight excluding hydrogens is 403 g/mol. The van der Waals surface area contributed by atoms with Gasteiger partial charge in [0.25, 0.3) is 5.91 Å². The minimum absolute atomic E-state index is 0.0558. The average Bonchev–Trinajstić information content (AvgIpc) is 3.02. The summed E-state index contributed by atoms with van der Waals surface area (Å²) in [5.74, 6) is -1.14. The minimum atomic E-state index is -0.618. The van der Waals surface area contributed by atoms with Crippen molar-refractivity contribution in [3.63, 3.8) is 0 Å². The van der Waals surface area contributed by atoms with E-state index in [0.717, 1.165) is 0 Å². The fourth-order valence-corrected chi connectivity index (χ4v) is 2.83. The number of nitrogens with one attached hydrogen (secondary N) is 1. The maximum atomic E-state index is 12.9. The maximum Gasteiger partial charge on any atom is 0.343 e. The van der Waals surface area contributed by atoms with Crippen LogP contribution in [0.5, 0.6) is 5.75 Å². The Labute approximate surface area is 178 Å². The number of esters is 1. The van der Waals surface area contributed by atoms with E-state index in [0.29, 0.717) is 22.7 Å². The summed E-state index contributed by atoms with van der Waals surface area (Å²) < 4.78 is 23.3. The predicted octanol–water partition coefficient (Wildman–Crippen LogP) is 4.03. The number of nitrogens with zero attached hydrogens (tertiary/aromatic N) is 1. The third kappa shape index (κ3) is 5.57. The molecule has 0 unspecified atom stereocenters. The predicted molar refractivity (Wildman–Crippen MR) is 114 cm³/mol. The van der Waals surface area contributed by atoms with Crippen molar-refractivity contribution in [1.29, 1.82) is 0 Å². The molecule has 1 amide bonds. The molecule has 2 aromatic rings. The Bertz CT molecular complexity index is 1070. The van der Waals surface area contributed by atoms with E-state index in [1.807, 2.05) is 0 Å². The van der Waals surface area contributed by atoms with Crippen LogP contribution in [0.15, 0.2) is 70.6 Å². The van der Waals surface area contributed by atoms with Gasteiger partial charge in [0.15, 0.2) is 12.4 Å². The van der Waals surface area contributed by atoms with Crippen LogP contribution in [-0.2, 0) is 14.3 Å². The molecule has 0 spiro atoms. The first-order chi connectivity index (χ1) is 14.9. The van der Waals surface area contributed by atoms with E-state index < -0.39 is 5.97 Å². The normalized spacial score (nSPS) is 14.4. The molecule has 2 aromatic carbocycles. The summed E-state index contributed by atoms with van der Waals surface area (Å²) >= 11 is 0. The van der Waals surface area contributed by atoms with Gasteiger partial charge in [0.1, 0.15) is 22.8 Å². The number of rotatable bonds is 7. The molecule has 0 aromatic heterocycles. The van der Waals surface area contributed by atoms with Crippen molar-refractivity contribution in [1.82, 2.24) is 0 Å². The molecule has 0 atom stereocenters. The van der Waals surface area contributed by atoms with Crippen LogP contribution in [0.25, 0.3) is 6.08 Å². The van der Waals surface area contributed by atoms with Crippen LogP contribution in [0.1, 0.15) is 19.4 Å². The van der Waals surface area contributed by atoms with Crippen LogP contribution in [0, 0.1) is 5.82 Å². The molecule has 1 aliphatic heterocycles. The van der Waals surface area contributed by atoms with Crippen molar-refractivity contribution >= 4 is 29.4 Å². The lowest BCUT2D eigenvalue weighted by atomic mass is 10.1. The van der Waals surface area contributed by atoms with E-state index in [2.05, 4.69) is 10.3 Å². The number of aliphatic imine (C=N–C) groups is 1. The number of hydrogen-bond donors (Lipinski definition) is 2. The lowest BCUT2D eigenvalue weighted by Crippen LogP contribution is -2.20. The van der Waals surface area contributed by atoms with Crippen LogP contribution in [0.3, 0.4) is 0 Å². The van der Waals surface area contributed by atoms with Gasteiger partial charge >= 0.3 is 5.97 Å². The fraction of sp³-hybridized carbons (Fsp3) is 0.174.